The van der Waals surface area contributed by atoms with Gasteiger partial charge in [-0.3, -0.25) is 0 Å². The first-order valence-electron chi connectivity index (χ1n) is 5.99. The number of aromatic nitrogens is 1. The highest BCUT2D eigenvalue weighted by atomic mass is 16.5. The highest BCUT2D eigenvalue weighted by molar-refractivity contribution is 5.50. The molecule has 1 fully saturated rings. The third kappa shape index (κ3) is 1.49. The van der Waals surface area contributed by atoms with Crippen LogP contribution in [0.4, 0.5) is 5.82 Å². The van der Waals surface area contributed by atoms with Gasteiger partial charge < -0.3 is 15.2 Å². The summed E-state index contributed by atoms with van der Waals surface area (Å²) in [5.41, 5.74) is 6.88. The van der Waals surface area contributed by atoms with E-state index in [1.165, 1.54) is 5.56 Å². The number of hydrogen-bond acceptors (Lipinski definition) is 4. The minimum absolute atomic E-state index is 0.409. The maximum Gasteiger partial charge on any atom is 0.132 e. The highest BCUT2D eigenvalue weighted by Crippen LogP contribution is 2.54. The SMILES string of the molecule is Nc1cc(Oc2ccc3c(c2)[C@H]2CC2O3)ccn1. The number of pyridine rings is 1. The Hall–Kier alpha value is -2.23. The van der Waals surface area contributed by atoms with Crippen LogP contribution in [0.3, 0.4) is 0 Å². The Bertz CT molecular complexity index is 627. The molecule has 4 nitrogen and oxygen atoms in total. The van der Waals surface area contributed by atoms with Crippen LogP contribution < -0.4 is 15.2 Å². The van der Waals surface area contributed by atoms with Gasteiger partial charge in [0.05, 0.1) is 0 Å². The Morgan fingerprint density at radius 2 is 2.11 bits per heavy atom. The fraction of sp³-hybridized carbons (Fsp3) is 0.214. The normalized spacial score (nSPS) is 22.9. The van der Waals surface area contributed by atoms with E-state index in [9.17, 15) is 0 Å². The number of nitrogens with two attached hydrogens (primary N) is 1. The van der Waals surface area contributed by atoms with E-state index in [1.54, 1.807) is 18.3 Å². The topological polar surface area (TPSA) is 57.4 Å². The van der Waals surface area contributed by atoms with Crippen LogP contribution in [0.2, 0.25) is 0 Å². The van der Waals surface area contributed by atoms with Crippen LogP contribution in [0.1, 0.15) is 17.9 Å². The number of rotatable bonds is 2. The molecule has 2 aromatic rings. The molecule has 2 atom stereocenters. The van der Waals surface area contributed by atoms with Gasteiger partial charge in [-0.1, -0.05) is 0 Å². The molecule has 4 heteroatoms. The molecule has 0 radical (unpaired) electrons. The first-order chi connectivity index (χ1) is 8.79. The molecule has 0 bridgehead atoms. The van der Waals surface area contributed by atoms with E-state index in [0.29, 0.717) is 23.6 Å². The maximum absolute atomic E-state index is 5.78. The molecule has 1 aromatic carbocycles. The molecule has 1 saturated carbocycles. The number of nitrogen functional groups attached to an aromatic ring is 1. The molecule has 0 saturated heterocycles. The Morgan fingerprint density at radius 1 is 1.22 bits per heavy atom. The lowest BCUT2D eigenvalue weighted by Gasteiger charge is -2.08. The van der Waals surface area contributed by atoms with Crippen molar-refractivity contribution in [1.82, 2.24) is 4.98 Å². The summed E-state index contributed by atoms with van der Waals surface area (Å²) in [6.07, 6.45) is 3.18. The average Bonchev–Trinajstić information content (AvgIpc) is 3.03. The third-order valence-electron chi connectivity index (χ3n) is 3.38. The Labute approximate surface area is 104 Å². The van der Waals surface area contributed by atoms with Crippen LogP contribution in [0.15, 0.2) is 36.5 Å². The predicted octanol–water partition coefficient (Wildman–Crippen LogP) is 2.70. The molecule has 2 aliphatic rings. The minimum Gasteiger partial charge on any atom is -0.489 e. The number of fused-ring (bicyclic) bond motifs is 3. The summed E-state index contributed by atoms with van der Waals surface area (Å²) in [5, 5.41) is 0. The fourth-order valence-corrected chi connectivity index (χ4v) is 2.41. The van der Waals surface area contributed by atoms with Gasteiger partial charge in [-0.05, 0) is 30.7 Å². The summed E-state index contributed by atoms with van der Waals surface area (Å²) < 4.78 is 11.5. The lowest BCUT2D eigenvalue weighted by Crippen LogP contribution is -1.92. The summed E-state index contributed by atoms with van der Waals surface area (Å²) >= 11 is 0. The Morgan fingerprint density at radius 3 is 3.00 bits per heavy atom. The van der Waals surface area contributed by atoms with Crippen LogP contribution in [0.25, 0.3) is 0 Å². The van der Waals surface area contributed by atoms with E-state index in [1.807, 2.05) is 12.1 Å². The van der Waals surface area contributed by atoms with E-state index in [2.05, 4.69) is 11.1 Å². The third-order valence-corrected chi connectivity index (χ3v) is 3.38. The Kier molecular flexibility index (Phi) is 1.84. The van der Waals surface area contributed by atoms with Crippen LogP contribution in [0, 0.1) is 0 Å². The summed E-state index contributed by atoms with van der Waals surface area (Å²) in [6, 6.07) is 9.45. The van der Waals surface area contributed by atoms with Crippen LogP contribution >= 0.6 is 0 Å². The molecule has 1 aliphatic heterocycles. The molecule has 0 amide bonds. The van der Waals surface area contributed by atoms with Crippen molar-refractivity contribution in [1.29, 1.82) is 0 Å². The van der Waals surface area contributed by atoms with E-state index in [0.717, 1.165) is 17.9 Å². The first kappa shape index (κ1) is 9.76. The van der Waals surface area contributed by atoms with Gasteiger partial charge in [-0.2, -0.15) is 0 Å². The summed E-state index contributed by atoms with van der Waals surface area (Å²) in [7, 11) is 0. The summed E-state index contributed by atoms with van der Waals surface area (Å²) in [5.74, 6) is 3.55. The van der Waals surface area contributed by atoms with E-state index >= 15 is 0 Å². The molecule has 1 aliphatic carbocycles. The van der Waals surface area contributed by atoms with Crippen molar-refractivity contribution in [2.45, 2.75) is 18.4 Å². The number of anilines is 1. The van der Waals surface area contributed by atoms with Crippen molar-refractivity contribution in [3.63, 3.8) is 0 Å². The molecule has 2 N–H and O–H groups in total. The highest BCUT2D eigenvalue weighted by Gasteiger charge is 2.48. The van der Waals surface area contributed by atoms with Crippen molar-refractivity contribution < 1.29 is 9.47 Å². The number of ether oxygens (including phenoxy) is 2. The number of benzene rings is 1. The van der Waals surface area contributed by atoms with Crippen molar-refractivity contribution >= 4 is 5.82 Å². The van der Waals surface area contributed by atoms with Crippen molar-refractivity contribution in [3.8, 4) is 17.2 Å². The zero-order chi connectivity index (χ0) is 12.1. The van der Waals surface area contributed by atoms with Crippen LogP contribution in [-0.4, -0.2) is 11.1 Å². The van der Waals surface area contributed by atoms with Gasteiger partial charge in [-0.15, -0.1) is 0 Å². The molecule has 18 heavy (non-hydrogen) atoms. The molecule has 1 unspecified atom stereocenters. The monoisotopic (exact) mass is 240 g/mol. The van der Waals surface area contributed by atoms with Crippen molar-refractivity contribution in [3.05, 3.63) is 42.1 Å². The Balaban J connectivity index is 1.64. The second-order valence-electron chi connectivity index (χ2n) is 4.72. The van der Waals surface area contributed by atoms with Gasteiger partial charge in [0.2, 0.25) is 0 Å². The smallest absolute Gasteiger partial charge is 0.132 e. The fourth-order valence-electron chi connectivity index (χ4n) is 2.41. The van der Waals surface area contributed by atoms with Gasteiger partial charge >= 0.3 is 0 Å². The quantitative estimate of drug-likeness (QED) is 0.876. The number of nitrogens with zero attached hydrogens (tertiary/aromatic N) is 1. The van der Waals surface area contributed by atoms with Crippen molar-refractivity contribution in [2.75, 3.05) is 5.73 Å². The van der Waals surface area contributed by atoms with Crippen LogP contribution in [0.5, 0.6) is 17.2 Å². The first-order valence-corrected chi connectivity index (χ1v) is 5.99. The van der Waals surface area contributed by atoms with Gasteiger partial charge in [0.15, 0.2) is 0 Å². The summed E-state index contributed by atoms with van der Waals surface area (Å²) in [4.78, 5) is 3.94. The molecule has 1 aromatic heterocycles. The van der Waals surface area contributed by atoms with Crippen molar-refractivity contribution in [2.24, 2.45) is 0 Å². The zero-order valence-electron chi connectivity index (χ0n) is 9.67. The second kappa shape index (κ2) is 3.38. The molecule has 90 valence electrons. The zero-order valence-corrected chi connectivity index (χ0v) is 9.67. The maximum atomic E-state index is 5.78. The van der Waals surface area contributed by atoms with Gasteiger partial charge in [0, 0.05) is 23.7 Å². The minimum atomic E-state index is 0.409. The van der Waals surface area contributed by atoms with Gasteiger partial charge in [0.25, 0.3) is 0 Å². The van der Waals surface area contributed by atoms with Crippen LogP contribution in [-0.2, 0) is 0 Å². The molecule has 4 rings (SSSR count). The van der Waals surface area contributed by atoms with E-state index < -0.39 is 0 Å². The lowest BCUT2D eigenvalue weighted by atomic mass is 10.1. The second-order valence-corrected chi connectivity index (χ2v) is 4.72. The molecular formula is C14H12N2O2. The van der Waals surface area contributed by atoms with E-state index in [-0.39, 0.29) is 0 Å². The number of hydrogen-bond donors (Lipinski definition) is 1. The summed E-state index contributed by atoms with van der Waals surface area (Å²) in [6.45, 7) is 0. The molecular weight excluding hydrogens is 228 g/mol. The van der Waals surface area contributed by atoms with Gasteiger partial charge in [-0.25, -0.2) is 4.98 Å². The molecule has 2 heterocycles. The standard InChI is InChI=1S/C14H12N2O2/c15-14-6-9(3-4-16-14)17-8-1-2-12-10(5-8)11-7-13(11)18-12/h1-6,11,13H,7H2,(H2,15,16)/t11-,13?/m1/s1. The molecule has 0 spiro atoms. The lowest BCUT2D eigenvalue weighted by molar-refractivity contribution is 0.318. The predicted molar refractivity (Wildman–Crippen MR) is 66.9 cm³/mol. The largest absolute Gasteiger partial charge is 0.489 e. The average molecular weight is 240 g/mol. The van der Waals surface area contributed by atoms with E-state index in [4.69, 9.17) is 15.2 Å². The van der Waals surface area contributed by atoms with Gasteiger partial charge in [0.1, 0.15) is 29.2 Å².